The minimum atomic E-state index is -4.56. The molecule has 3 rings (SSSR count). The Morgan fingerprint density at radius 2 is 1.92 bits per heavy atom. The minimum Gasteiger partial charge on any atom is -0.378 e. The quantitative estimate of drug-likeness (QED) is 0.876. The molecule has 1 aromatic carbocycles. The van der Waals surface area contributed by atoms with Gasteiger partial charge in [-0.15, -0.1) is 0 Å². The highest BCUT2D eigenvalue weighted by molar-refractivity contribution is 6.31. The lowest BCUT2D eigenvalue weighted by molar-refractivity contribution is -0.137. The number of hydrogen-bond acceptors (Lipinski definition) is 5. The fourth-order valence-corrected chi connectivity index (χ4v) is 2.62. The van der Waals surface area contributed by atoms with E-state index in [-0.39, 0.29) is 28.1 Å². The number of rotatable bonds is 3. The topological polar surface area (TPSA) is 67.4 Å². The molecule has 1 fully saturated rings. The van der Waals surface area contributed by atoms with Crippen LogP contribution in [0.3, 0.4) is 0 Å². The van der Waals surface area contributed by atoms with Crippen LogP contribution in [0.15, 0.2) is 30.6 Å². The van der Waals surface area contributed by atoms with Crippen LogP contribution in [0.1, 0.15) is 16.1 Å². The monoisotopic (exact) mass is 386 g/mol. The van der Waals surface area contributed by atoms with E-state index in [0.29, 0.717) is 26.3 Å². The Kier molecular flexibility index (Phi) is 5.28. The third-order valence-corrected chi connectivity index (χ3v) is 4.04. The lowest BCUT2D eigenvalue weighted by Crippen LogP contribution is -2.41. The number of hydrogen-bond donors (Lipinski definition) is 1. The molecule has 0 spiro atoms. The van der Waals surface area contributed by atoms with Gasteiger partial charge in [-0.2, -0.15) is 13.2 Å². The van der Waals surface area contributed by atoms with Crippen molar-refractivity contribution in [2.24, 2.45) is 0 Å². The third-order valence-electron chi connectivity index (χ3n) is 3.71. The van der Waals surface area contributed by atoms with Crippen molar-refractivity contribution in [2.75, 3.05) is 31.6 Å². The summed E-state index contributed by atoms with van der Waals surface area (Å²) in [5.74, 6) is -0.0582. The molecule has 1 N–H and O–H groups in total. The van der Waals surface area contributed by atoms with Crippen molar-refractivity contribution >= 4 is 29.0 Å². The number of benzene rings is 1. The van der Waals surface area contributed by atoms with Crippen LogP contribution in [-0.2, 0) is 10.9 Å². The number of nitrogens with one attached hydrogen (secondary N) is 1. The molecule has 138 valence electrons. The predicted octanol–water partition coefficient (Wildman–Crippen LogP) is 3.36. The first-order valence-electron chi connectivity index (χ1n) is 7.67. The average molecular weight is 387 g/mol. The third kappa shape index (κ3) is 4.23. The molecule has 0 unspecified atom stereocenters. The fourth-order valence-electron chi connectivity index (χ4n) is 2.40. The minimum absolute atomic E-state index is 0.156. The number of carbonyl (C=O) groups excluding carboxylic acids is 1. The largest absolute Gasteiger partial charge is 0.417 e. The van der Waals surface area contributed by atoms with Gasteiger partial charge in [0.05, 0.1) is 36.2 Å². The van der Waals surface area contributed by atoms with E-state index in [0.717, 1.165) is 12.1 Å². The van der Waals surface area contributed by atoms with Gasteiger partial charge in [0.2, 0.25) is 0 Å². The summed E-state index contributed by atoms with van der Waals surface area (Å²) >= 11 is 5.59. The second-order valence-corrected chi connectivity index (χ2v) is 5.92. The van der Waals surface area contributed by atoms with E-state index in [1.807, 2.05) is 0 Å². The number of anilines is 2. The van der Waals surface area contributed by atoms with Crippen molar-refractivity contribution in [1.82, 2.24) is 14.9 Å². The van der Waals surface area contributed by atoms with Gasteiger partial charge in [-0.25, -0.2) is 9.97 Å². The standard InChI is InChI=1S/C16H14ClF3N4O2/c17-12-2-1-10(7-11(12)16(18,19)20)23-14-9-21-13(8-22-14)15(25)24-3-5-26-6-4-24/h1-2,7-9H,3-6H2,(H,22,23). The fraction of sp³-hybridized carbons (Fsp3) is 0.312. The first-order chi connectivity index (χ1) is 12.3. The summed E-state index contributed by atoms with van der Waals surface area (Å²) in [4.78, 5) is 21.9. The van der Waals surface area contributed by atoms with Gasteiger partial charge in [-0.05, 0) is 18.2 Å². The van der Waals surface area contributed by atoms with Crippen molar-refractivity contribution < 1.29 is 22.7 Å². The highest BCUT2D eigenvalue weighted by Crippen LogP contribution is 2.36. The number of nitrogens with zero attached hydrogens (tertiary/aromatic N) is 3. The SMILES string of the molecule is O=C(c1cnc(Nc2ccc(Cl)c(C(F)(F)F)c2)cn1)N1CCOCC1. The van der Waals surface area contributed by atoms with Gasteiger partial charge >= 0.3 is 6.18 Å². The summed E-state index contributed by atoms with van der Waals surface area (Å²) in [6.07, 6.45) is -1.99. The van der Waals surface area contributed by atoms with E-state index in [1.165, 1.54) is 18.5 Å². The Morgan fingerprint density at radius 1 is 1.19 bits per heavy atom. The number of alkyl halides is 3. The second kappa shape index (κ2) is 7.46. The summed E-state index contributed by atoms with van der Waals surface area (Å²) in [5, 5.41) is 2.32. The molecule has 1 aliphatic rings. The van der Waals surface area contributed by atoms with Crippen LogP contribution in [0.2, 0.25) is 5.02 Å². The molecule has 6 nitrogen and oxygen atoms in total. The average Bonchev–Trinajstić information content (AvgIpc) is 2.63. The number of ether oxygens (including phenoxy) is 1. The molecule has 0 bridgehead atoms. The zero-order valence-electron chi connectivity index (χ0n) is 13.4. The predicted molar refractivity (Wildman–Crippen MR) is 88.5 cm³/mol. The smallest absolute Gasteiger partial charge is 0.378 e. The van der Waals surface area contributed by atoms with Crippen LogP contribution in [0.5, 0.6) is 0 Å². The molecule has 26 heavy (non-hydrogen) atoms. The normalized spacial score (nSPS) is 15.0. The van der Waals surface area contributed by atoms with Crippen LogP contribution in [0.4, 0.5) is 24.7 Å². The molecule has 10 heteroatoms. The molecule has 0 radical (unpaired) electrons. The van der Waals surface area contributed by atoms with Crippen LogP contribution in [0.25, 0.3) is 0 Å². The summed E-state index contributed by atoms with van der Waals surface area (Å²) in [7, 11) is 0. The van der Waals surface area contributed by atoms with E-state index >= 15 is 0 Å². The Labute approximate surface area is 151 Å². The first kappa shape index (κ1) is 18.4. The highest BCUT2D eigenvalue weighted by atomic mass is 35.5. The summed E-state index contributed by atoms with van der Waals surface area (Å²) in [5.41, 5.74) is -0.635. The van der Waals surface area contributed by atoms with Crippen molar-refractivity contribution in [3.05, 3.63) is 46.9 Å². The molecule has 2 heterocycles. The Morgan fingerprint density at radius 3 is 2.54 bits per heavy atom. The first-order valence-corrected chi connectivity index (χ1v) is 8.05. The van der Waals surface area contributed by atoms with Gasteiger partial charge in [0.1, 0.15) is 11.5 Å². The van der Waals surface area contributed by atoms with Crippen molar-refractivity contribution in [1.29, 1.82) is 0 Å². The molecule has 0 saturated carbocycles. The summed E-state index contributed by atoms with van der Waals surface area (Å²) in [6, 6.07) is 3.43. The lowest BCUT2D eigenvalue weighted by atomic mass is 10.2. The number of carbonyl (C=O) groups is 1. The van der Waals surface area contributed by atoms with E-state index in [2.05, 4.69) is 15.3 Å². The van der Waals surface area contributed by atoms with Crippen LogP contribution in [-0.4, -0.2) is 47.1 Å². The molecule has 1 saturated heterocycles. The molecule has 1 aromatic heterocycles. The van der Waals surface area contributed by atoms with Gasteiger partial charge in [0, 0.05) is 18.8 Å². The van der Waals surface area contributed by atoms with Gasteiger partial charge < -0.3 is 15.0 Å². The van der Waals surface area contributed by atoms with E-state index in [1.54, 1.807) is 4.90 Å². The Bertz CT molecular complexity index is 793. The molecule has 2 aromatic rings. The van der Waals surface area contributed by atoms with Crippen molar-refractivity contribution in [3.8, 4) is 0 Å². The van der Waals surface area contributed by atoms with Gasteiger partial charge in [0.15, 0.2) is 0 Å². The van der Waals surface area contributed by atoms with Crippen LogP contribution < -0.4 is 5.32 Å². The summed E-state index contributed by atoms with van der Waals surface area (Å²) in [6.45, 7) is 1.89. The van der Waals surface area contributed by atoms with E-state index in [9.17, 15) is 18.0 Å². The maximum absolute atomic E-state index is 12.9. The number of aromatic nitrogens is 2. The zero-order valence-corrected chi connectivity index (χ0v) is 14.1. The number of halogens is 4. The van der Waals surface area contributed by atoms with Gasteiger partial charge in [-0.1, -0.05) is 11.6 Å². The van der Waals surface area contributed by atoms with Crippen LogP contribution in [0, 0.1) is 0 Å². The number of amides is 1. The van der Waals surface area contributed by atoms with Gasteiger partial charge in [-0.3, -0.25) is 4.79 Å². The highest BCUT2D eigenvalue weighted by Gasteiger charge is 2.33. The molecule has 0 atom stereocenters. The Hall–Kier alpha value is -2.39. The maximum atomic E-state index is 12.9. The lowest BCUT2D eigenvalue weighted by Gasteiger charge is -2.26. The molecular formula is C16H14ClF3N4O2. The van der Waals surface area contributed by atoms with E-state index in [4.69, 9.17) is 16.3 Å². The second-order valence-electron chi connectivity index (χ2n) is 5.51. The zero-order chi connectivity index (χ0) is 18.7. The van der Waals surface area contributed by atoms with E-state index < -0.39 is 11.7 Å². The molecular weight excluding hydrogens is 373 g/mol. The molecule has 1 amide bonds. The van der Waals surface area contributed by atoms with Crippen molar-refractivity contribution in [2.45, 2.75) is 6.18 Å². The molecule has 0 aliphatic carbocycles. The molecule has 1 aliphatic heterocycles. The van der Waals surface area contributed by atoms with Crippen molar-refractivity contribution in [3.63, 3.8) is 0 Å². The Balaban J connectivity index is 1.72. The van der Waals surface area contributed by atoms with Gasteiger partial charge in [0.25, 0.3) is 5.91 Å². The maximum Gasteiger partial charge on any atom is 0.417 e. The summed E-state index contributed by atoms with van der Waals surface area (Å²) < 4.78 is 43.9. The number of morpholine rings is 1. The van der Waals surface area contributed by atoms with Crippen LogP contribution >= 0.6 is 11.6 Å².